The Morgan fingerprint density at radius 3 is 2.44 bits per heavy atom. The van der Waals surface area contributed by atoms with Crippen LogP contribution in [0.1, 0.15) is 33.1 Å². The first-order chi connectivity index (χ1) is 8.47. The molecule has 0 saturated carbocycles. The molecule has 3 N–H and O–H groups in total. The van der Waals surface area contributed by atoms with Gasteiger partial charge < -0.3 is 15.7 Å². The molecule has 0 aromatic heterocycles. The van der Waals surface area contributed by atoms with E-state index in [0.717, 1.165) is 6.42 Å². The standard InChI is InChI=1S/C13H22N2O3/c1-4-8-14-13(18)15-9-7-11(10(2)3)5-6-12(16)17/h1,10-11H,5-9H2,2-3H3,(H,16,17)(H2,14,15,18). The van der Waals surface area contributed by atoms with E-state index < -0.39 is 5.97 Å². The molecule has 0 saturated heterocycles. The Morgan fingerprint density at radius 1 is 1.28 bits per heavy atom. The van der Waals surface area contributed by atoms with Crippen LogP contribution in [0.3, 0.4) is 0 Å². The normalized spacial score (nSPS) is 11.7. The highest BCUT2D eigenvalue weighted by molar-refractivity contribution is 5.74. The summed E-state index contributed by atoms with van der Waals surface area (Å²) in [5, 5.41) is 13.9. The summed E-state index contributed by atoms with van der Waals surface area (Å²) in [4.78, 5) is 21.7. The summed E-state index contributed by atoms with van der Waals surface area (Å²) in [5.74, 6) is 2.24. The molecule has 0 rings (SSSR count). The molecule has 1 atom stereocenters. The molecule has 0 heterocycles. The third kappa shape index (κ3) is 8.45. The van der Waals surface area contributed by atoms with Gasteiger partial charge >= 0.3 is 12.0 Å². The van der Waals surface area contributed by atoms with Gasteiger partial charge in [-0.25, -0.2) is 4.79 Å². The lowest BCUT2D eigenvalue weighted by molar-refractivity contribution is -0.137. The molecular weight excluding hydrogens is 232 g/mol. The van der Waals surface area contributed by atoms with E-state index in [-0.39, 0.29) is 19.0 Å². The van der Waals surface area contributed by atoms with Crippen molar-refractivity contribution in [3.63, 3.8) is 0 Å². The molecule has 5 heteroatoms. The van der Waals surface area contributed by atoms with E-state index in [0.29, 0.717) is 24.8 Å². The number of terminal acetylenes is 1. The number of hydrogen-bond donors (Lipinski definition) is 3. The number of carboxylic acids is 1. The number of rotatable bonds is 8. The lowest BCUT2D eigenvalue weighted by Gasteiger charge is -2.20. The number of carboxylic acid groups (broad SMARTS) is 1. The molecule has 18 heavy (non-hydrogen) atoms. The number of aliphatic carboxylic acids is 1. The summed E-state index contributed by atoms with van der Waals surface area (Å²) in [6, 6.07) is -0.284. The Hall–Kier alpha value is -1.70. The van der Waals surface area contributed by atoms with Crippen LogP contribution in [0.15, 0.2) is 0 Å². The Labute approximate surface area is 108 Å². The molecule has 0 aliphatic carbocycles. The number of urea groups is 1. The number of carbonyl (C=O) groups excluding carboxylic acids is 1. The molecule has 102 valence electrons. The minimum atomic E-state index is -0.777. The van der Waals surface area contributed by atoms with Crippen LogP contribution in [0.2, 0.25) is 0 Å². The molecule has 0 aliphatic heterocycles. The second-order valence-corrected chi connectivity index (χ2v) is 4.54. The zero-order chi connectivity index (χ0) is 14.0. The summed E-state index contributed by atoms with van der Waals surface area (Å²) >= 11 is 0. The van der Waals surface area contributed by atoms with Crippen molar-refractivity contribution in [2.45, 2.75) is 33.1 Å². The van der Waals surface area contributed by atoms with Crippen LogP contribution in [0.4, 0.5) is 4.79 Å². The lowest BCUT2D eigenvalue weighted by Crippen LogP contribution is -2.37. The monoisotopic (exact) mass is 254 g/mol. The predicted molar refractivity (Wildman–Crippen MR) is 70.0 cm³/mol. The minimum Gasteiger partial charge on any atom is -0.481 e. The first kappa shape index (κ1) is 16.3. The minimum absolute atomic E-state index is 0.173. The second kappa shape index (κ2) is 9.34. The maximum absolute atomic E-state index is 11.2. The third-order valence-electron chi connectivity index (χ3n) is 2.82. The van der Waals surface area contributed by atoms with E-state index in [1.54, 1.807) is 0 Å². The van der Waals surface area contributed by atoms with E-state index >= 15 is 0 Å². The fraction of sp³-hybridized carbons (Fsp3) is 0.692. The van der Waals surface area contributed by atoms with Crippen LogP contribution >= 0.6 is 0 Å². The summed E-state index contributed by atoms with van der Waals surface area (Å²) in [6.07, 6.45) is 6.60. The zero-order valence-electron chi connectivity index (χ0n) is 11.0. The molecule has 0 aromatic rings. The van der Waals surface area contributed by atoms with Crippen molar-refractivity contribution in [2.75, 3.05) is 13.1 Å². The summed E-state index contributed by atoms with van der Waals surface area (Å²) in [7, 11) is 0. The van der Waals surface area contributed by atoms with Gasteiger partial charge in [0.1, 0.15) is 0 Å². The van der Waals surface area contributed by atoms with E-state index in [4.69, 9.17) is 11.5 Å². The maximum atomic E-state index is 11.2. The number of carbonyl (C=O) groups is 2. The Bertz CT molecular complexity index is 308. The fourth-order valence-electron chi connectivity index (χ4n) is 1.68. The first-order valence-electron chi connectivity index (χ1n) is 6.14. The van der Waals surface area contributed by atoms with Crippen LogP contribution in [0.25, 0.3) is 0 Å². The van der Waals surface area contributed by atoms with Crippen LogP contribution < -0.4 is 10.6 Å². The maximum Gasteiger partial charge on any atom is 0.315 e. The van der Waals surface area contributed by atoms with Crippen LogP contribution in [-0.4, -0.2) is 30.2 Å². The van der Waals surface area contributed by atoms with E-state index in [9.17, 15) is 9.59 Å². The molecular formula is C13H22N2O3. The van der Waals surface area contributed by atoms with Gasteiger partial charge in [0.2, 0.25) is 0 Å². The molecule has 0 spiro atoms. The van der Waals surface area contributed by atoms with Crippen molar-refractivity contribution in [3.8, 4) is 12.3 Å². The van der Waals surface area contributed by atoms with E-state index in [1.165, 1.54) is 0 Å². The van der Waals surface area contributed by atoms with Gasteiger partial charge in [-0.05, 0) is 24.7 Å². The topological polar surface area (TPSA) is 78.4 Å². The number of amides is 2. The van der Waals surface area contributed by atoms with Crippen molar-refractivity contribution in [2.24, 2.45) is 11.8 Å². The Kier molecular flexibility index (Phi) is 8.46. The van der Waals surface area contributed by atoms with Gasteiger partial charge in [-0.15, -0.1) is 6.42 Å². The average Bonchev–Trinajstić information content (AvgIpc) is 2.30. The van der Waals surface area contributed by atoms with Gasteiger partial charge in [0, 0.05) is 13.0 Å². The SMILES string of the molecule is C#CCNC(=O)NCCC(CCC(=O)O)C(C)C. The summed E-state index contributed by atoms with van der Waals surface area (Å²) in [5.41, 5.74) is 0. The molecule has 0 fully saturated rings. The van der Waals surface area contributed by atoms with Gasteiger partial charge in [0.25, 0.3) is 0 Å². The van der Waals surface area contributed by atoms with E-state index in [1.807, 2.05) is 0 Å². The zero-order valence-corrected chi connectivity index (χ0v) is 11.0. The molecule has 0 aliphatic rings. The van der Waals surface area contributed by atoms with Crippen LogP contribution in [-0.2, 0) is 4.79 Å². The average molecular weight is 254 g/mol. The lowest BCUT2D eigenvalue weighted by atomic mass is 9.88. The van der Waals surface area contributed by atoms with Crippen LogP contribution in [0.5, 0.6) is 0 Å². The first-order valence-corrected chi connectivity index (χ1v) is 6.14. The van der Waals surface area contributed by atoms with Gasteiger partial charge in [-0.3, -0.25) is 4.79 Å². The van der Waals surface area contributed by atoms with Crippen molar-refractivity contribution in [1.82, 2.24) is 10.6 Å². The molecule has 0 bridgehead atoms. The second-order valence-electron chi connectivity index (χ2n) is 4.54. The molecule has 5 nitrogen and oxygen atoms in total. The number of hydrogen-bond acceptors (Lipinski definition) is 2. The smallest absolute Gasteiger partial charge is 0.315 e. The van der Waals surface area contributed by atoms with Gasteiger partial charge in [-0.2, -0.15) is 0 Å². The van der Waals surface area contributed by atoms with Crippen LogP contribution in [0, 0.1) is 24.2 Å². The molecule has 0 radical (unpaired) electrons. The quantitative estimate of drug-likeness (QED) is 0.574. The van der Waals surface area contributed by atoms with Gasteiger partial charge in [0.05, 0.1) is 6.54 Å². The van der Waals surface area contributed by atoms with Crippen molar-refractivity contribution in [3.05, 3.63) is 0 Å². The van der Waals surface area contributed by atoms with Crippen molar-refractivity contribution < 1.29 is 14.7 Å². The predicted octanol–water partition coefficient (Wildman–Crippen LogP) is 1.45. The third-order valence-corrected chi connectivity index (χ3v) is 2.82. The Morgan fingerprint density at radius 2 is 1.94 bits per heavy atom. The highest BCUT2D eigenvalue weighted by Crippen LogP contribution is 2.20. The molecule has 1 unspecified atom stereocenters. The highest BCUT2D eigenvalue weighted by Gasteiger charge is 2.15. The van der Waals surface area contributed by atoms with Gasteiger partial charge in [-0.1, -0.05) is 19.8 Å². The largest absolute Gasteiger partial charge is 0.481 e. The van der Waals surface area contributed by atoms with Crippen molar-refractivity contribution >= 4 is 12.0 Å². The van der Waals surface area contributed by atoms with Crippen molar-refractivity contribution in [1.29, 1.82) is 0 Å². The Balaban J connectivity index is 3.87. The number of nitrogens with one attached hydrogen (secondary N) is 2. The summed E-state index contributed by atoms with van der Waals surface area (Å²) < 4.78 is 0. The summed E-state index contributed by atoms with van der Waals surface area (Å²) in [6.45, 7) is 4.85. The molecule has 2 amide bonds. The fourth-order valence-corrected chi connectivity index (χ4v) is 1.68. The molecule has 0 aromatic carbocycles. The van der Waals surface area contributed by atoms with E-state index in [2.05, 4.69) is 30.4 Å². The highest BCUT2D eigenvalue weighted by atomic mass is 16.4. The van der Waals surface area contributed by atoms with Gasteiger partial charge in [0.15, 0.2) is 0 Å².